The Labute approximate surface area is 567 Å². The summed E-state index contributed by atoms with van der Waals surface area (Å²) in [5.41, 5.74) is 14.3. The monoisotopic (exact) mass is 1320 g/mol. The van der Waals surface area contributed by atoms with Gasteiger partial charge in [0.2, 0.25) is 0 Å². The summed E-state index contributed by atoms with van der Waals surface area (Å²) in [7, 11) is 0. The SMILES string of the molecule is CC1(C)c2ccc(-c3c4nc(c(-c5ccccc5O)c5ccc([nH]5)c(-c5ccc(OC(=S)Nc6ccc(CC7CN(CC(=O)O)CCN(CC(=O)O)CCN7CC(=O)O)cc6)cc5)c5nc(c(-c6cccc7c6C(C)(C)N(O)C7(C)C)c6ccc3[nH]6)C=C5)C=C4)cc2C(C)(C)N1O. The molecule has 97 heavy (non-hydrogen) atoms. The highest BCUT2D eigenvalue weighted by molar-refractivity contribution is 7.80. The van der Waals surface area contributed by atoms with Gasteiger partial charge >= 0.3 is 17.9 Å². The zero-order valence-corrected chi connectivity index (χ0v) is 56.1. The average molecular weight is 1320 g/mol. The van der Waals surface area contributed by atoms with E-state index in [9.17, 15) is 45.2 Å². The van der Waals surface area contributed by atoms with Crippen molar-refractivity contribution in [2.24, 2.45) is 0 Å². The van der Waals surface area contributed by atoms with Crippen LogP contribution in [0.4, 0.5) is 5.69 Å². The molecule has 0 amide bonds. The highest BCUT2D eigenvalue weighted by Crippen LogP contribution is 2.54. The van der Waals surface area contributed by atoms with E-state index in [0.29, 0.717) is 76.9 Å². The molecule has 0 saturated carbocycles. The van der Waals surface area contributed by atoms with Crippen LogP contribution in [-0.4, -0.2) is 157 Å². The fraction of sp³-hybridized carbons (Fsp3) is 0.289. The van der Waals surface area contributed by atoms with Gasteiger partial charge in [0.25, 0.3) is 5.17 Å². The number of phenols is 1. The highest BCUT2D eigenvalue weighted by Gasteiger charge is 2.51. The fourth-order valence-corrected chi connectivity index (χ4v) is 15.3. The Morgan fingerprint density at radius 3 is 1.64 bits per heavy atom. The number of benzene rings is 5. The first-order chi connectivity index (χ1) is 46.2. The van der Waals surface area contributed by atoms with Crippen molar-refractivity contribution < 1.29 is 50.0 Å². The Morgan fingerprint density at radius 2 is 1.03 bits per heavy atom. The molecule has 0 aliphatic carbocycles. The maximum absolute atomic E-state index is 12.1. The summed E-state index contributed by atoms with van der Waals surface area (Å²) in [6.07, 6.45) is 8.44. The zero-order valence-electron chi connectivity index (χ0n) is 55.3. The summed E-state index contributed by atoms with van der Waals surface area (Å²) in [5, 5.41) is 70.8. The number of ether oxygens (including phenoxy) is 1. The van der Waals surface area contributed by atoms with Gasteiger partial charge in [0, 0.05) is 94.3 Å². The summed E-state index contributed by atoms with van der Waals surface area (Å²) >= 11 is 5.78. The van der Waals surface area contributed by atoms with Gasteiger partial charge in [-0.15, -0.1) is 0 Å². The van der Waals surface area contributed by atoms with Crippen LogP contribution in [0.25, 0.3) is 90.9 Å². The summed E-state index contributed by atoms with van der Waals surface area (Å²) in [4.78, 5) is 59.7. The summed E-state index contributed by atoms with van der Waals surface area (Å²) in [6.45, 7) is 16.9. The largest absolute Gasteiger partial charge is 0.507 e. The Hall–Kier alpha value is -9.68. The van der Waals surface area contributed by atoms with Gasteiger partial charge in [-0.3, -0.25) is 29.1 Å². The van der Waals surface area contributed by atoms with Crippen LogP contribution in [0, 0.1) is 0 Å². The van der Waals surface area contributed by atoms with Gasteiger partial charge in [-0.2, -0.15) is 10.1 Å². The van der Waals surface area contributed by atoms with E-state index < -0.39 is 46.1 Å². The van der Waals surface area contributed by atoms with Crippen molar-refractivity contribution in [1.29, 1.82) is 0 Å². The number of H-pyrrole nitrogens is 2. The maximum atomic E-state index is 12.1. The van der Waals surface area contributed by atoms with Crippen LogP contribution in [0.5, 0.6) is 11.5 Å². The minimum absolute atomic E-state index is 0.0740. The average Bonchev–Trinajstić information content (AvgIpc) is 1.57. The van der Waals surface area contributed by atoms with Crippen molar-refractivity contribution in [3.05, 3.63) is 184 Å². The molecular weight excluding hydrogens is 1240 g/mol. The van der Waals surface area contributed by atoms with Crippen LogP contribution >= 0.6 is 12.2 Å². The number of carboxylic acid groups (broad SMARTS) is 3. The van der Waals surface area contributed by atoms with Crippen LogP contribution in [0.2, 0.25) is 0 Å². The second-order valence-corrected chi connectivity index (χ2v) is 28.0. The van der Waals surface area contributed by atoms with E-state index in [0.717, 1.165) is 77.7 Å². The fourth-order valence-electron chi connectivity index (χ4n) is 15.1. The summed E-state index contributed by atoms with van der Waals surface area (Å²) in [5.74, 6) is -2.57. The number of hydroxylamine groups is 4. The van der Waals surface area contributed by atoms with Crippen LogP contribution < -0.4 is 10.1 Å². The third-order valence-electron chi connectivity index (χ3n) is 19.8. The van der Waals surface area contributed by atoms with E-state index in [4.69, 9.17) is 26.9 Å². The van der Waals surface area contributed by atoms with Crippen molar-refractivity contribution in [2.45, 2.75) is 90.0 Å². The molecule has 13 rings (SSSR count). The van der Waals surface area contributed by atoms with E-state index in [2.05, 4.69) is 57.7 Å². The molecule has 498 valence electrons. The van der Waals surface area contributed by atoms with E-state index >= 15 is 0 Å². The number of phenolic OH excluding ortho intramolecular Hbond substituents is 1. The van der Waals surface area contributed by atoms with Crippen LogP contribution in [-0.2, 0) is 43.0 Å². The summed E-state index contributed by atoms with van der Waals surface area (Å²) < 4.78 is 6.27. The van der Waals surface area contributed by atoms with E-state index in [1.165, 1.54) is 10.1 Å². The van der Waals surface area contributed by atoms with Crippen molar-refractivity contribution >= 4 is 87.4 Å². The quantitative estimate of drug-likeness (QED) is 0.0458. The Kier molecular flexibility index (Phi) is 17.3. The number of thiocarbonyl (C=S) groups is 1. The minimum atomic E-state index is -1.04. The molecule has 20 nitrogen and oxygen atoms in total. The number of nitrogens with one attached hydrogen (secondary N) is 3. The number of aromatic hydroxyl groups is 1. The normalized spacial score (nSPS) is 18.2. The molecule has 0 spiro atoms. The molecule has 8 bridgehead atoms. The molecule has 1 unspecified atom stereocenters. The van der Waals surface area contributed by atoms with E-state index in [1.54, 1.807) is 26.8 Å². The number of aromatic nitrogens is 4. The first kappa shape index (κ1) is 66.0. The predicted molar refractivity (Wildman–Crippen MR) is 380 cm³/mol. The lowest BCUT2D eigenvalue weighted by Crippen LogP contribution is -2.49. The third kappa shape index (κ3) is 12.4. The Morgan fingerprint density at radius 1 is 0.536 bits per heavy atom. The number of anilines is 1. The molecule has 1 atom stereocenters. The number of hydrogen-bond acceptors (Lipinski definition) is 15. The van der Waals surface area contributed by atoms with Gasteiger partial charge in [0.05, 0.1) is 64.6 Å². The highest BCUT2D eigenvalue weighted by atomic mass is 32.1. The number of aromatic amines is 2. The lowest BCUT2D eigenvalue weighted by Gasteiger charge is -2.35. The molecule has 1 fully saturated rings. The molecule has 8 aromatic rings. The number of fused-ring (bicyclic) bond motifs is 10. The molecule has 8 heterocycles. The van der Waals surface area contributed by atoms with Crippen molar-refractivity contribution in [3.63, 3.8) is 0 Å². The smallest absolute Gasteiger partial charge is 0.317 e. The Bertz CT molecular complexity index is 4740. The van der Waals surface area contributed by atoms with Gasteiger partial charge in [0.15, 0.2) is 0 Å². The van der Waals surface area contributed by atoms with E-state index in [-0.39, 0.29) is 43.6 Å². The number of para-hydroxylation sites is 1. The first-order valence-corrected chi connectivity index (χ1v) is 32.8. The molecule has 3 aromatic heterocycles. The number of carboxylic acids is 3. The second kappa shape index (κ2) is 25.4. The van der Waals surface area contributed by atoms with Gasteiger partial charge in [0.1, 0.15) is 11.5 Å². The molecular formula is C76H78N10O10S. The van der Waals surface area contributed by atoms with Gasteiger partial charge in [-0.05, 0) is 204 Å². The molecule has 21 heteroatoms. The van der Waals surface area contributed by atoms with Crippen LogP contribution in [0.3, 0.4) is 0 Å². The number of nitrogens with zero attached hydrogens (tertiary/aromatic N) is 7. The van der Waals surface area contributed by atoms with Crippen LogP contribution in [0.1, 0.15) is 106 Å². The number of rotatable bonds is 14. The molecule has 5 aliphatic heterocycles. The number of hydrogen-bond donors (Lipinski definition) is 9. The topological polar surface area (TPSA) is 267 Å². The molecule has 0 radical (unpaired) electrons. The van der Waals surface area contributed by atoms with Crippen molar-refractivity contribution in [1.82, 2.24) is 44.8 Å². The standard InChI is InChI=1S/C76H78N10O10S/c1-73(2)52-25-20-46(39-54(52)75(5,6)85(73)94)68-57-28-31-60(80-57)69(50-12-9-10-15-63(50)87)59-30-26-55(78-59)67(56-27-32-61(79-56)70(62-33-29-58(68)81-62)51-13-11-14-53-71(51)76(7,8)86(95)74(53,3)4)45-18-23-49(24-19-45)96-72(97)77-47-21-16-44(17-22-47)38-48-40-83(42-65(90)91)35-34-82(41-64(88)89)36-37-84(48)43-66(92)93/h9-33,39,48,78,81,87,94-95H,34-38,40-43H2,1-8H3,(H,77,97)(H,88,89)(H,90,91)(H,92,93). The van der Waals surface area contributed by atoms with Crippen molar-refractivity contribution in [2.75, 3.05) is 57.7 Å². The van der Waals surface area contributed by atoms with Crippen molar-refractivity contribution in [3.8, 4) is 56.0 Å². The first-order valence-electron chi connectivity index (χ1n) is 32.4. The lowest BCUT2D eigenvalue weighted by molar-refractivity contribution is -0.216. The molecule has 5 aliphatic rings. The third-order valence-corrected chi connectivity index (χ3v) is 20.0. The second-order valence-electron chi connectivity index (χ2n) is 27.6. The van der Waals surface area contributed by atoms with E-state index in [1.807, 2.05) is 159 Å². The molecule has 5 aromatic carbocycles. The Balaban J connectivity index is 0.902. The predicted octanol–water partition coefficient (Wildman–Crippen LogP) is 13.2. The maximum Gasteiger partial charge on any atom is 0.317 e. The summed E-state index contributed by atoms with van der Waals surface area (Å²) in [6, 6.07) is 42.6. The lowest BCUT2D eigenvalue weighted by atomic mass is 9.84. The van der Waals surface area contributed by atoms with Gasteiger partial charge in [-0.25, -0.2) is 9.97 Å². The molecule has 1 saturated heterocycles. The zero-order chi connectivity index (χ0) is 68.6. The number of aliphatic carboxylic acids is 3. The van der Waals surface area contributed by atoms with Crippen LogP contribution in [0.15, 0.2) is 133 Å². The van der Waals surface area contributed by atoms with Gasteiger partial charge in [-0.1, -0.05) is 72.8 Å². The molecule has 9 N–H and O–H groups in total. The number of carbonyl (C=O) groups is 3. The van der Waals surface area contributed by atoms with Gasteiger partial charge < -0.3 is 50.9 Å². The minimum Gasteiger partial charge on any atom is -0.507 e.